The van der Waals surface area contributed by atoms with E-state index in [2.05, 4.69) is 22.0 Å². The second-order valence-corrected chi connectivity index (χ2v) is 4.65. The van der Waals surface area contributed by atoms with Gasteiger partial charge in [-0.05, 0) is 24.7 Å². The van der Waals surface area contributed by atoms with Crippen LogP contribution < -0.4 is 5.32 Å². The number of nitrogens with one attached hydrogen (secondary N) is 1. The van der Waals surface area contributed by atoms with Crippen molar-refractivity contribution in [3.8, 4) is 0 Å². The van der Waals surface area contributed by atoms with Crippen molar-refractivity contribution in [3.05, 3.63) is 0 Å². The molecule has 1 aliphatic rings. The zero-order chi connectivity index (χ0) is 12.0. The molecule has 2 unspecified atom stereocenters. The van der Waals surface area contributed by atoms with Crippen molar-refractivity contribution in [3.63, 3.8) is 0 Å². The van der Waals surface area contributed by atoms with Gasteiger partial charge in [0, 0.05) is 6.04 Å². The molecule has 1 amide bonds. The first-order valence-electron chi connectivity index (χ1n) is 5.48. The molecule has 0 aliphatic heterocycles. The Kier molecular flexibility index (Phi) is 4.50. The Balaban J connectivity index is 2.51. The molecule has 1 rings (SSSR count). The molecule has 90 valence electrons. The van der Waals surface area contributed by atoms with Gasteiger partial charge in [-0.25, -0.2) is 14.6 Å². The van der Waals surface area contributed by atoms with E-state index < -0.39 is 6.09 Å². The van der Waals surface area contributed by atoms with Crippen molar-refractivity contribution >= 4 is 12.2 Å². The van der Waals surface area contributed by atoms with Crippen LogP contribution in [0.3, 0.4) is 0 Å². The summed E-state index contributed by atoms with van der Waals surface area (Å²) >= 11 is 0. The van der Waals surface area contributed by atoms with Crippen LogP contribution in [-0.4, -0.2) is 31.9 Å². The Morgan fingerprint density at radius 1 is 1.69 bits per heavy atom. The van der Waals surface area contributed by atoms with E-state index in [1.807, 2.05) is 0 Å². The van der Waals surface area contributed by atoms with Crippen LogP contribution in [0.15, 0.2) is 4.99 Å². The summed E-state index contributed by atoms with van der Waals surface area (Å²) in [5, 5.41) is 2.80. The minimum absolute atomic E-state index is 0.0126. The number of aliphatic imine (C=N–C) groups is 1. The standard InChI is InChI=1S/C11H18N2O3/c1-11(7-12-8-14)5-3-4-9(6-11)13-10(15)16-2/h9H,3-7H2,1-2H3,(H,13,15). The maximum atomic E-state index is 11.1. The van der Waals surface area contributed by atoms with E-state index in [9.17, 15) is 9.59 Å². The van der Waals surface area contributed by atoms with Crippen molar-refractivity contribution in [1.82, 2.24) is 5.32 Å². The average molecular weight is 226 g/mol. The molecular weight excluding hydrogens is 208 g/mol. The summed E-state index contributed by atoms with van der Waals surface area (Å²) in [5.74, 6) is 0. The van der Waals surface area contributed by atoms with Gasteiger partial charge in [-0.2, -0.15) is 0 Å². The first-order chi connectivity index (χ1) is 7.59. The first-order valence-corrected chi connectivity index (χ1v) is 5.48. The number of rotatable bonds is 3. The Bertz CT molecular complexity index is 300. The third kappa shape index (κ3) is 3.66. The number of carbonyl (C=O) groups excluding carboxylic acids is 2. The summed E-state index contributed by atoms with van der Waals surface area (Å²) in [6.07, 6.45) is 5.01. The minimum Gasteiger partial charge on any atom is -0.453 e. The largest absolute Gasteiger partial charge is 0.453 e. The molecule has 1 fully saturated rings. The maximum Gasteiger partial charge on any atom is 0.407 e. The number of isocyanates is 1. The Labute approximate surface area is 95.3 Å². The highest BCUT2D eigenvalue weighted by atomic mass is 16.5. The lowest BCUT2D eigenvalue weighted by Crippen LogP contribution is -2.42. The number of amides is 1. The highest BCUT2D eigenvalue weighted by molar-refractivity contribution is 5.67. The number of carbonyl (C=O) groups is 1. The number of methoxy groups -OCH3 is 1. The molecular formula is C11H18N2O3. The van der Waals surface area contributed by atoms with Gasteiger partial charge in [0.2, 0.25) is 6.08 Å². The lowest BCUT2D eigenvalue weighted by Gasteiger charge is -2.36. The summed E-state index contributed by atoms with van der Waals surface area (Å²) in [6, 6.07) is 0.119. The van der Waals surface area contributed by atoms with Crippen LogP contribution in [0.1, 0.15) is 32.6 Å². The first kappa shape index (κ1) is 12.7. The summed E-state index contributed by atoms with van der Waals surface area (Å²) < 4.78 is 4.57. The molecule has 0 heterocycles. The SMILES string of the molecule is COC(=O)NC1CCCC(C)(CN=C=O)C1. The van der Waals surface area contributed by atoms with E-state index in [1.54, 1.807) is 6.08 Å². The van der Waals surface area contributed by atoms with Gasteiger partial charge in [-0.3, -0.25) is 0 Å². The molecule has 2 atom stereocenters. The maximum absolute atomic E-state index is 11.1. The molecule has 0 spiro atoms. The molecule has 5 nitrogen and oxygen atoms in total. The Morgan fingerprint density at radius 3 is 3.06 bits per heavy atom. The molecule has 1 N–H and O–H groups in total. The summed E-state index contributed by atoms with van der Waals surface area (Å²) in [4.78, 5) is 24.9. The third-order valence-electron chi connectivity index (χ3n) is 3.10. The Hall–Kier alpha value is -1.35. The monoisotopic (exact) mass is 226 g/mol. The van der Waals surface area contributed by atoms with Crippen molar-refractivity contribution in [2.24, 2.45) is 10.4 Å². The van der Waals surface area contributed by atoms with Crippen LogP contribution in [0.4, 0.5) is 4.79 Å². The van der Waals surface area contributed by atoms with Crippen molar-refractivity contribution in [2.75, 3.05) is 13.7 Å². The van der Waals surface area contributed by atoms with E-state index >= 15 is 0 Å². The fraction of sp³-hybridized carbons (Fsp3) is 0.818. The van der Waals surface area contributed by atoms with E-state index in [0.717, 1.165) is 25.7 Å². The highest BCUT2D eigenvalue weighted by Crippen LogP contribution is 2.36. The van der Waals surface area contributed by atoms with Crippen molar-refractivity contribution < 1.29 is 14.3 Å². The molecule has 0 aromatic carbocycles. The quantitative estimate of drug-likeness (QED) is 0.587. The van der Waals surface area contributed by atoms with Crippen LogP contribution in [0, 0.1) is 5.41 Å². The van der Waals surface area contributed by atoms with E-state index in [1.165, 1.54) is 7.11 Å². The molecule has 0 bridgehead atoms. The third-order valence-corrected chi connectivity index (χ3v) is 3.10. The second-order valence-electron chi connectivity index (χ2n) is 4.65. The molecule has 1 aliphatic carbocycles. The van der Waals surface area contributed by atoms with E-state index in [4.69, 9.17) is 0 Å². The van der Waals surface area contributed by atoms with Gasteiger partial charge in [-0.1, -0.05) is 13.3 Å². The van der Waals surface area contributed by atoms with Gasteiger partial charge in [0.1, 0.15) is 0 Å². The number of nitrogens with zero attached hydrogens (tertiary/aromatic N) is 1. The second kappa shape index (κ2) is 5.66. The fourth-order valence-corrected chi connectivity index (χ4v) is 2.29. The van der Waals surface area contributed by atoms with Crippen LogP contribution >= 0.6 is 0 Å². The lowest BCUT2D eigenvalue weighted by molar-refractivity contribution is 0.145. The normalized spacial score (nSPS) is 29.0. The minimum atomic E-state index is -0.395. The lowest BCUT2D eigenvalue weighted by atomic mass is 9.73. The van der Waals surface area contributed by atoms with E-state index in [0.29, 0.717) is 6.54 Å². The zero-order valence-corrected chi connectivity index (χ0v) is 9.78. The van der Waals surface area contributed by atoms with Gasteiger partial charge < -0.3 is 10.1 Å². The molecule has 0 radical (unpaired) electrons. The number of hydrogen-bond donors (Lipinski definition) is 1. The van der Waals surface area contributed by atoms with Gasteiger partial charge >= 0.3 is 6.09 Å². The highest BCUT2D eigenvalue weighted by Gasteiger charge is 2.32. The van der Waals surface area contributed by atoms with Crippen LogP contribution in [0.25, 0.3) is 0 Å². The molecule has 0 aromatic rings. The van der Waals surface area contributed by atoms with Crippen LogP contribution in [0.5, 0.6) is 0 Å². The van der Waals surface area contributed by atoms with E-state index in [-0.39, 0.29) is 11.5 Å². The fourth-order valence-electron chi connectivity index (χ4n) is 2.29. The molecule has 0 saturated heterocycles. The predicted octanol–water partition coefficient (Wildman–Crippen LogP) is 1.63. The van der Waals surface area contributed by atoms with Crippen LogP contribution in [-0.2, 0) is 9.53 Å². The smallest absolute Gasteiger partial charge is 0.407 e. The summed E-state index contributed by atoms with van der Waals surface area (Å²) in [7, 11) is 1.36. The number of ether oxygens (including phenoxy) is 1. The number of alkyl carbamates (subject to hydrolysis) is 1. The number of hydrogen-bond acceptors (Lipinski definition) is 4. The van der Waals surface area contributed by atoms with Gasteiger partial charge in [0.15, 0.2) is 0 Å². The van der Waals surface area contributed by atoms with Crippen molar-refractivity contribution in [1.29, 1.82) is 0 Å². The zero-order valence-electron chi connectivity index (χ0n) is 9.78. The topological polar surface area (TPSA) is 67.8 Å². The summed E-state index contributed by atoms with van der Waals surface area (Å²) in [5.41, 5.74) is -0.0126. The van der Waals surface area contributed by atoms with Crippen LogP contribution in [0.2, 0.25) is 0 Å². The summed E-state index contributed by atoms with van der Waals surface area (Å²) in [6.45, 7) is 2.56. The van der Waals surface area contributed by atoms with Gasteiger partial charge in [0.25, 0.3) is 0 Å². The molecule has 16 heavy (non-hydrogen) atoms. The molecule has 0 aromatic heterocycles. The average Bonchev–Trinajstić information content (AvgIpc) is 2.26. The molecule has 1 saturated carbocycles. The molecule has 5 heteroatoms. The van der Waals surface area contributed by atoms with Crippen molar-refractivity contribution in [2.45, 2.75) is 38.6 Å². The predicted molar refractivity (Wildman–Crippen MR) is 58.9 cm³/mol. The Morgan fingerprint density at radius 2 is 2.44 bits per heavy atom. The van der Waals surface area contributed by atoms with Gasteiger partial charge in [0.05, 0.1) is 13.7 Å². The van der Waals surface area contributed by atoms with Gasteiger partial charge in [-0.15, -0.1) is 0 Å².